The molecule has 2 aromatic carbocycles. The molecular formula is C16H16F2N2O2. The van der Waals surface area contributed by atoms with Crippen molar-refractivity contribution in [2.45, 2.75) is 13.0 Å². The van der Waals surface area contributed by atoms with Gasteiger partial charge < -0.3 is 15.7 Å². The van der Waals surface area contributed by atoms with Gasteiger partial charge in [0.15, 0.2) is 0 Å². The molecule has 0 heterocycles. The lowest BCUT2D eigenvalue weighted by atomic mass is 10.1. The minimum atomic E-state index is -0.958. The molecule has 0 bridgehead atoms. The molecule has 2 amide bonds. The van der Waals surface area contributed by atoms with Crippen LogP contribution in [0.5, 0.6) is 0 Å². The van der Waals surface area contributed by atoms with Gasteiger partial charge in [0, 0.05) is 12.2 Å². The van der Waals surface area contributed by atoms with Gasteiger partial charge in [-0.3, -0.25) is 0 Å². The van der Waals surface area contributed by atoms with Crippen LogP contribution >= 0.6 is 0 Å². The summed E-state index contributed by atoms with van der Waals surface area (Å²) in [5.41, 5.74) is 1.50. The van der Waals surface area contributed by atoms with Crippen molar-refractivity contribution in [2.75, 3.05) is 11.9 Å². The topological polar surface area (TPSA) is 61.4 Å². The summed E-state index contributed by atoms with van der Waals surface area (Å²) in [5.74, 6) is -0.843. The molecule has 0 saturated heterocycles. The molecule has 0 spiro atoms. The van der Waals surface area contributed by atoms with E-state index in [2.05, 4.69) is 10.6 Å². The van der Waals surface area contributed by atoms with Crippen molar-refractivity contribution in [3.8, 4) is 0 Å². The van der Waals surface area contributed by atoms with E-state index in [4.69, 9.17) is 0 Å². The van der Waals surface area contributed by atoms with Crippen molar-refractivity contribution >= 4 is 11.7 Å². The number of hydrogen-bond donors (Lipinski definition) is 3. The molecule has 1 atom stereocenters. The highest BCUT2D eigenvalue weighted by Gasteiger charge is 2.10. The van der Waals surface area contributed by atoms with Crippen molar-refractivity contribution < 1.29 is 18.7 Å². The van der Waals surface area contributed by atoms with Crippen molar-refractivity contribution in [3.63, 3.8) is 0 Å². The number of amides is 2. The Kier molecular flexibility index (Phi) is 5.06. The summed E-state index contributed by atoms with van der Waals surface area (Å²) in [6.07, 6.45) is -0.958. The standard InChI is InChI=1S/C16H16F2N2O2/c1-10-6-13(18)8-14(7-10)20-16(22)19-9-15(21)11-2-4-12(17)5-3-11/h2-8,15,21H,9H2,1H3,(H2,19,20,22). The Bertz CT molecular complexity index is 639. The number of aliphatic hydroxyl groups excluding tert-OH is 1. The van der Waals surface area contributed by atoms with E-state index in [1.165, 1.54) is 36.4 Å². The summed E-state index contributed by atoms with van der Waals surface area (Å²) < 4.78 is 26.0. The van der Waals surface area contributed by atoms with Gasteiger partial charge in [-0.2, -0.15) is 0 Å². The Hall–Kier alpha value is -2.47. The number of aliphatic hydroxyl groups is 1. The largest absolute Gasteiger partial charge is 0.387 e. The van der Waals surface area contributed by atoms with Gasteiger partial charge in [0.1, 0.15) is 11.6 Å². The van der Waals surface area contributed by atoms with E-state index < -0.39 is 23.8 Å². The maximum atomic E-state index is 13.2. The number of anilines is 1. The smallest absolute Gasteiger partial charge is 0.319 e. The zero-order valence-electron chi connectivity index (χ0n) is 11.9. The number of hydrogen-bond acceptors (Lipinski definition) is 2. The van der Waals surface area contributed by atoms with Gasteiger partial charge in [0.25, 0.3) is 0 Å². The first-order valence-corrected chi connectivity index (χ1v) is 6.69. The number of carbonyl (C=O) groups excluding carboxylic acids is 1. The van der Waals surface area contributed by atoms with Crippen LogP contribution in [0.3, 0.4) is 0 Å². The first kappa shape index (κ1) is 15.9. The molecule has 0 aliphatic carbocycles. The minimum absolute atomic E-state index is 0.0498. The highest BCUT2D eigenvalue weighted by Crippen LogP contribution is 2.14. The third-order valence-electron chi connectivity index (χ3n) is 3.01. The van der Waals surface area contributed by atoms with Gasteiger partial charge in [-0.25, -0.2) is 13.6 Å². The fourth-order valence-electron chi connectivity index (χ4n) is 1.98. The lowest BCUT2D eigenvalue weighted by Gasteiger charge is -2.13. The van der Waals surface area contributed by atoms with Crippen molar-refractivity contribution in [1.82, 2.24) is 5.32 Å². The molecule has 3 N–H and O–H groups in total. The van der Waals surface area contributed by atoms with Crippen LogP contribution in [0, 0.1) is 18.6 Å². The SMILES string of the molecule is Cc1cc(F)cc(NC(=O)NCC(O)c2ccc(F)cc2)c1. The zero-order valence-corrected chi connectivity index (χ0v) is 11.9. The number of rotatable bonds is 4. The maximum Gasteiger partial charge on any atom is 0.319 e. The molecule has 22 heavy (non-hydrogen) atoms. The van der Waals surface area contributed by atoms with Crippen LogP contribution in [0.2, 0.25) is 0 Å². The Balaban J connectivity index is 1.88. The summed E-state index contributed by atoms with van der Waals surface area (Å²) in [4.78, 5) is 11.7. The zero-order chi connectivity index (χ0) is 16.1. The lowest BCUT2D eigenvalue weighted by molar-refractivity contribution is 0.175. The fourth-order valence-corrected chi connectivity index (χ4v) is 1.98. The number of halogens is 2. The molecule has 1 unspecified atom stereocenters. The van der Waals surface area contributed by atoms with Gasteiger partial charge in [-0.1, -0.05) is 12.1 Å². The molecule has 0 saturated carbocycles. The number of aryl methyl sites for hydroxylation is 1. The van der Waals surface area contributed by atoms with Gasteiger partial charge in [-0.15, -0.1) is 0 Å². The Morgan fingerprint density at radius 3 is 2.45 bits per heavy atom. The molecule has 0 aromatic heterocycles. The van der Waals surface area contributed by atoms with E-state index in [1.807, 2.05) is 0 Å². The normalized spacial score (nSPS) is 11.8. The van der Waals surface area contributed by atoms with Gasteiger partial charge in [-0.05, 0) is 48.4 Å². The van der Waals surface area contributed by atoms with E-state index in [0.717, 1.165) is 0 Å². The fraction of sp³-hybridized carbons (Fsp3) is 0.188. The van der Waals surface area contributed by atoms with E-state index in [1.54, 1.807) is 13.0 Å². The van der Waals surface area contributed by atoms with E-state index in [9.17, 15) is 18.7 Å². The van der Waals surface area contributed by atoms with Crippen molar-refractivity contribution in [2.24, 2.45) is 0 Å². The maximum absolute atomic E-state index is 13.2. The minimum Gasteiger partial charge on any atom is -0.387 e. The van der Waals surface area contributed by atoms with Crippen molar-refractivity contribution in [1.29, 1.82) is 0 Å². The summed E-state index contributed by atoms with van der Waals surface area (Å²) >= 11 is 0. The van der Waals surface area contributed by atoms with Gasteiger partial charge >= 0.3 is 6.03 Å². The predicted octanol–water partition coefficient (Wildman–Crippen LogP) is 3.13. The number of benzene rings is 2. The molecule has 2 aromatic rings. The summed E-state index contributed by atoms with van der Waals surface area (Å²) in [6, 6.07) is 8.95. The molecule has 2 rings (SSSR count). The second-order valence-electron chi connectivity index (χ2n) is 4.92. The van der Waals surface area contributed by atoms with Crippen LogP contribution < -0.4 is 10.6 Å². The summed E-state index contributed by atoms with van der Waals surface area (Å²) in [6.45, 7) is 1.66. The van der Waals surface area contributed by atoms with Crippen LogP contribution in [-0.4, -0.2) is 17.7 Å². The first-order chi connectivity index (χ1) is 10.4. The lowest BCUT2D eigenvalue weighted by Crippen LogP contribution is -2.32. The van der Waals surface area contributed by atoms with Crippen LogP contribution in [-0.2, 0) is 0 Å². The van der Waals surface area contributed by atoms with E-state index in [0.29, 0.717) is 16.8 Å². The van der Waals surface area contributed by atoms with Crippen molar-refractivity contribution in [3.05, 3.63) is 65.2 Å². The molecule has 6 heteroatoms. The second-order valence-corrected chi connectivity index (χ2v) is 4.92. The predicted molar refractivity (Wildman–Crippen MR) is 79.5 cm³/mol. The van der Waals surface area contributed by atoms with E-state index in [-0.39, 0.29) is 6.54 Å². The average molecular weight is 306 g/mol. The Labute approximate surface area is 126 Å². The van der Waals surface area contributed by atoms with Gasteiger partial charge in [0.2, 0.25) is 0 Å². The Morgan fingerprint density at radius 2 is 1.82 bits per heavy atom. The Morgan fingerprint density at radius 1 is 1.14 bits per heavy atom. The summed E-state index contributed by atoms with van der Waals surface area (Å²) in [5, 5.41) is 14.8. The quantitative estimate of drug-likeness (QED) is 0.812. The molecular weight excluding hydrogens is 290 g/mol. The highest BCUT2D eigenvalue weighted by molar-refractivity contribution is 5.89. The molecule has 0 aliphatic heterocycles. The first-order valence-electron chi connectivity index (χ1n) is 6.69. The average Bonchev–Trinajstić information content (AvgIpc) is 2.44. The molecule has 116 valence electrons. The highest BCUT2D eigenvalue weighted by atomic mass is 19.1. The third kappa shape index (κ3) is 4.53. The number of urea groups is 1. The number of carbonyl (C=O) groups is 1. The third-order valence-corrected chi connectivity index (χ3v) is 3.01. The second kappa shape index (κ2) is 7.00. The number of nitrogens with one attached hydrogen (secondary N) is 2. The molecule has 4 nitrogen and oxygen atoms in total. The molecule has 0 aliphatic rings. The van der Waals surface area contributed by atoms with Crippen LogP contribution in [0.4, 0.5) is 19.3 Å². The monoisotopic (exact) mass is 306 g/mol. The van der Waals surface area contributed by atoms with E-state index >= 15 is 0 Å². The van der Waals surface area contributed by atoms with Crippen LogP contribution in [0.25, 0.3) is 0 Å². The van der Waals surface area contributed by atoms with Crippen LogP contribution in [0.15, 0.2) is 42.5 Å². The van der Waals surface area contributed by atoms with Gasteiger partial charge in [0.05, 0.1) is 6.10 Å². The molecule has 0 fully saturated rings. The van der Waals surface area contributed by atoms with Crippen LogP contribution in [0.1, 0.15) is 17.2 Å². The molecule has 0 radical (unpaired) electrons. The summed E-state index contributed by atoms with van der Waals surface area (Å²) in [7, 11) is 0.